The number of nitrogens with one attached hydrogen (secondary N) is 2. The van der Waals surface area contributed by atoms with Gasteiger partial charge in [-0.3, -0.25) is 4.99 Å². The Morgan fingerprint density at radius 3 is 2.97 bits per heavy atom. The molecule has 1 saturated heterocycles. The van der Waals surface area contributed by atoms with Gasteiger partial charge in [-0.1, -0.05) is 6.07 Å². The SMILES string of the molecule is CCNC(=NCCCOc1cccc(OC)c1)NC1CCN(c2ncccc2F)C1. The van der Waals surface area contributed by atoms with E-state index in [1.54, 1.807) is 19.4 Å². The number of aromatic nitrogens is 1. The summed E-state index contributed by atoms with van der Waals surface area (Å²) in [7, 11) is 1.64. The second-order valence-electron chi connectivity index (χ2n) is 7.03. The van der Waals surface area contributed by atoms with E-state index in [9.17, 15) is 4.39 Å². The molecule has 2 aromatic rings. The Balaban J connectivity index is 1.44. The van der Waals surface area contributed by atoms with E-state index in [4.69, 9.17) is 9.47 Å². The highest BCUT2D eigenvalue weighted by molar-refractivity contribution is 5.80. The molecule has 162 valence electrons. The summed E-state index contributed by atoms with van der Waals surface area (Å²) in [4.78, 5) is 10.8. The lowest BCUT2D eigenvalue weighted by Gasteiger charge is -2.20. The maximum atomic E-state index is 14.0. The van der Waals surface area contributed by atoms with E-state index >= 15 is 0 Å². The van der Waals surface area contributed by atoms with Crippen molar-refractivity contribution >= 4 is 11.8 Å². The number of pyridine rings is 1. The first-order valence-corrected chi connectivity index (χ1v) is 10.4. The molecule has 2 N–H and O–H groups in total. The Bertz CT molecular complexity index is 833. The van der Waals surface area contributed by atoms with E-state index in [0.29, 0.717) is 25.5 Å². The lowest BCUT2D eigenvalue weighted by molar-refractivity contribution is 0.311. The van der Waals surface area contributed by atoms with Gasteiger partial charge in [-0.05, 0) is 37.6 Å². The number of guanidine groups is 1. The van der Waals surface area contributed by atoms with Gasteiger partial charge in [-0.25, -0.2) is 9.37 Å². The minimum Gasteiger partial charge on any atom is -0.497 e. The summed E-state index contributed by atoms with van der Waals surface area (Å²) >= 11 is 0. The average molecular weight is 416 g/mol. The predicted molar refractivity (Wildman–Crippen MR) is 117 cm³/mol. The lowest BCUT2D eigenvalue weighted by Crippen LogP contribution is -2.44. The Labute approximate surface area is 177 Å². The van der Waals surface area contributed by atoms with Gasteiger partial charge in [-0.15, -0.1) is 0 Å². The highest BCUT2D eigenvalue weighted by atomic mass is 19.1. The topological polar surface area (TPSA) is 71.0 Å². The van der Waals surface area contributed by atoms with E-state index in [1.807, 2.05) is 36.1 Å². The number of benzene rings is 1. The third kappa shape index (κ3) is 6.23. The van der Waals surface area contributed by atoms with E-state index < -0.39 is 0 Å². The van der Waals surface area contributed by atoms with Crippen LogP contribution in [-0.2, 0) is 0 Å². The van der Waals surface area contributed by atoms with Crippen molar-refractivity contribution < 1.29 is 13.9 Å². The molecule has 2 heterocycles. The van der Waals surface area contributed by atoms with Crippen molar-refractivity contribution in [2.75, 3.05) is 44.8 Å². The van der Waals surface area contributed by atoms with Gasteiger partial charge in [0.1, 0.15) is 11.5 Å². The standard InChI is InChI=1S/C22H30FN5O2/c1-3-24-22(26-12-6-14-30-19-8-4-7-18(15-19)29-2)27-17-10-13-28(16-17)21-20(23)9-5-11-25-21/h4-5,7-9,11,15,17H,3,6,10,12-14,16H2,1-2H3,(H2,24,26,27). The first kappa shape index (κ1) is 21.7. The van der Waals surface area contributed by atoms with E-state index in [0.717, 1.165) is 43.4 Å². The molecule has 0 saturated carbocycles. The van der Waals surface area contributed by atoms with Gasteiger partial charge in [0.2, 0.25) is 0 Å². The molecule has 7 nitrogen and oxygen atoms in total. The summed E-state index contributed by atoms with van der Waals surface area (Å²) in [5.41, 5.74) is 0. The van der Waals surface area contributed by atoms with Crippen molar-refractivity contribution in [2.45, 2.75) is 25.8 Å². The van der Waals surface area contributed by atoms with Gasteiger partial charge >= 0.3 is 0 Å². The summed E-state index contributed by atoms with van der Waals surface area (Å²) in [6, 6.07) is 10.8. The Morgan fingerprint density at radius 2 is 2.17 bits per heavy atom. The number of hydrogen-bond acceptors (Lipinski definition) is 5. The van der Waals surface area contributed by atoms with Gasteiger partial charge < -0.3 is 25.0 Å². The van der Waals surface area contributed by atoms with Crippen LogP contribution in [0.4, 0.5) is 10.2 Å². The molecule has 0 spiro atoms. The number of nitrogens with zero attached hydrogens (tertiary/aromatic N) is 3. The molecule has 1 fully saturated rings. The normalized spacial score (nSPS) is 16.4. The molecule has 8 heteroatoms. The zero-order chi connectivity index (χ0) is 21.2. The lowest BCUT2D eigenvalue weighted by atomic mass is 10.3. The molecule has 30 heavy (non-hydrogen) atoms. The summed E-state index contributed by atoms with van der Waals surface area (Å²) in [6.45, 7) is 5.48. The molecule has 1 aromatic heterocycles. The summed E-state index contributed by atoms with van der Waals surface area (Å²) < 4.78 is 24.9. The van der Waals surface area contributed by atoms with Gasteiger partial charge in [0.25, 0.3) is 0 Å². The number of methoxy groups -OCH3 is 1. The molecule has 1 unspecified atom stereocenters. The Kier molecular flexibility index (Phi) is 8.11. The first-order chi connectivity index (χ1) is 14.7. The quantitative estimate of drug-likeness (QED) is 0.373. The van der Waals surface area contributed by atoms with Crippen LogP contribution in [0.25, 0.3) is 0 Å². The fourth-order valence-corrected chi connectivity index (χ4v) is 3.33. The van der Waals surface area contributed by atoms with Gasteiger partial charge in [-0.2, -0.15) is 0 Å². The van der Waals surface area contributed by atoms with Crippen LogP contribution in [0.1, 0.15) is 19.8 Å². The number of hydrogen-bond donors (Lipinski definition) is 2. The number of aliphatic imine (C=N–C) groups is 1. The van der Waals surface area contributed by atoms with Crippen LogP contribution in [0.15, 0.2) is 47.6 Å². The molecule has 1 atom stereocenters. The highest BCUT2D eigenvalue weighted by Gasteiger charge is 2.25. The minimum atomic E-state index is -0.283. The third-order valence-corrected chi connectivity index (χ3v) is 4.79. The van der Waals surface area contributed by atoms with Gasteiger partial charge in [0, 0.05) is 50.9 Å². The number of anilines is 1. The van der Waals surface area contributed by atoms with Crippen LogP contribution in [0.5, 0.6) is 11.5 Å². The molecular formula is C22H30FN5O2. The average Bonchev–Trinajstić information content (AvgIpc) is 3.22. The molecule has 1 aliphatic rings. The van der Waals surface area contributed by atoms with Crippen molar-refractivity contribution in [1.29, 1.82) is 0 Å². The fourth-order valence-electron chi connectivity index (χ4n) is 3.33. The van der Waals surface area contributed by atoms with E-state index in [-0.39, 0.29) is 11.9 Å². The Hall–Kier alpha value is -3.03. The maximum absolute atomic E-state index is 14.0. The van der Waals surface area contributed by atoms with Crippen LogP contribution < -0.4 is 25.0 Å². The zero-order valence-electron chi connectivity index (χ0n) is 17.6. The van der Waals surface area contributed by atoms with Crippen molar-refractivity contribution in [2.24, 2.45) is 4.99 Å². The van der Waals surface area contributed by atoms with Crippen molar-refractivity contribution in [3.05, 3.63) is 48.4 Å². The van der Waals surface area contributed by atoms with Gasteiger partial charge in [0.15, 0.2) is 17.6 Å². The molecule has 0 bridgehead atoms. The number of halogens is 1. The summed E-state index contributed by atoms with van der Waals surface area (Å²) in [6.07, 6.45) is 3.32. The molecule has 1 aromatic carbocycles. The van der Waals surface area contributed by atoms with Crippen molar-refractivity contribution in [3.63, 3.8) is 0 Å². The van der Waals surface area contributed by atoms with Crippen molar-refractivity contribution in [1.82, 2.24) is 15.6 Å². The zero-order valence-corrected chi connectivity index (χ0v) is 17.6. The molecule has 1 aliphatic heterocycles. The van der Waals surface area contributed by atoms with Gasteiger partial charge in [0.05, 0.1) is 13.7 Å². The monoisotopic (exact) mass is 415 g/mol. The van der Waals surface area contributed by atoms with Crippen LogP contribution in [0, 0.1) is 5.82 Å². The largest absolute Gasteiger partial charge is 0.497 e. The molecule has 3 rings (SSSR count). The number of ether oxygens (including phenoxy) is 2. The molecule has 0 amide bonds. The molecule has 0 aliphatic carbocycles. The summed E-state index contributed by atoms with van der Waals surface area (Å²) in [5, 5.41) is 6.72. The predicted octanol–water partition coefficient (Wildman–Crippen LogP) is 2.83. The molecule has 0 radical (unpaired) electrons. The second kappa shape index (κ2) is 11.2. The van der Waals surface area contributed by atoms with E-state index in [2.05, 4.69) is 20.6 Å². The molecular weight excluding hydrogens is 385 g/mol. The van der Waals surface area contributed by atoms with Crippen LogP contribution in [0.3, 0.4) is 0 Å². The minimum absolute atomic E-state index is 0.192. The third-order valence-electron chi connectivity index (χ3n) is 4.79. The Morgan fingerprint density at radius 1 is 1.30 bits per heavy atom. The smallest absolute Gasteiger partial charge is 0.191 e. The van der Waals surface area contributed by atoms with Crippen LogP contribution in [-0.4, -0.2) is 56.9 Å². The van der Waals surface area contributed by atoms with E-state index in [1.165, 1.54) is 6.07 Å². The second-order valence-corrected chi connectivity index (χ2v) is 7.03. The first-order valence-electron chi connectivity index (χ1n) is 10.4. The fraction of sp³-hybridized carbons (Fsp3) is 0.455. The highest BCUT2D eigenvalue weighted by Crippen LogP contribution is 2.21. The van der Waals surface area contributed by atoms with Crippen LogP contribution in [0.2, 0.25) is 0 Å². The summed E-state index contributed by atoms with van der Waals surface area (Å²) in [5.74, 6) is 2.47. The van der Waals surface area contributed by atoms with Crippen molar-refractivity contribution in [3.8, 4) is 11.5 Å². The maximum Gasteiger partial charge on any atom is 0.191 e. The van der Waals surface area contributed by atoms with Crippen LogP contribution >= 0.6 is 0 Å². The number of rotatable bonds is 9.